The number of fused-ring (bicyclic) bond motifs is 1. The number of amides is 2. The van der Waals surface area contributed by atoms with Gasteiger partial charge in [0.25, 0.3) is 11.5 Å². The highest BCUT2D eigenvalue weighted by Crippen LogP contribution is 2.55. The van der Waals surface area contributed by atoms with E-state index in [0.29, 0.717) is 44.3 Å². The quantitative estimate of drug-likeness (QED) is 0.0342. The maximum Gasteiger partial charge on any atom is 0.530 e. The Morgan fingerprint density at radius 3 is 1.94 bits per heavy atom. The van der Waals surface area contributed by atoms with E-state index in [-0.39, 0.29) is 53.7 Å². The van der Waals surface area contributed by atoms with Crippen molar-refractivity contribution in [2.75, 3.05) is 38.1 Å². The van der Waals surface area contributed by atoms with Gasteiger partial charge in [-0.15, -0.1) is 0 Å². The van der Waals surface area contributed by atoms with Crippen LogP contribution in [-0.2, 0) is 38.2 Å². The average molecular weight is 1250 g/mol. The number of rotatable bonds is 23. The minimum atomic E-state index is -4.96. The van der Waals surface area contributed by atoms with Crippen LogP contribution in [0.25, 0.3) is 11.2 Å². The van der Waals surface area contributed by atoms with Crippen molar-refractivity contribution in [1.29, 1.82) is 0 Å². The summed E-state index contributed by atoms with van der Waals surface area (Å²) < 4.78 is 70.2. The lowest BCUT2D eigenvalue weighted by Gasteiger charge is -2.37. The Kier molecular flexibility index (Phi) is 18.3. The lowest BCUT2D eigenvalue weighted by molar-refractivity contribution is -0.118. The van der Waals surface area contributed by atoms with Crippen molar-refractivity contribution < 1.29 is 61.3 Å². The molecule has 25 heteroatoms. The second-order valence-electron chi connectivity index (χ2n) is 21.2. The summed E-state index contributed by atoms with van der Waals surface area (Å²) in [5.41, 5.74) is 0.286. The second kappa shape index (κ2) is 26.6. The Balaban J connectivity index is 0.964. The van der Waals surface area contributed by atoms with Crippen molar-refractivity contribution in [3.05, 3.63) is 236 Å². The number of H-pyrrole nitrogens is 1. The number of phosphoric ester groups is 1. The number of nitrogens with one attached hydrogen (secondary N) is 3. The van der Waals surface area contributed by atoms with Crippen LogP contribution in [-0.4, -0.2) is 97.7 Å². The molecule has 2 saturated heterocycles. The number of methoxy groups -OCH3 is 2. The van der Waals surface area contributed by atoms with E-state index in [0.717, 1.165) is 0 Å². The number of halogens is 1. The first-order valence-corrected chi connectivity index (χ1v) is 30.1. The first-order valence-electron chi connectivity index (χ1n) is 28.2. The molecule has 11 rings (SSSR count). The smallest absolute Gasteiger partial charge is 0.497 e. The predicted molar refractivity (Wildman–Crippen MR) is 326 cm³/mol. The van der Waals surface area contributed by atoms with Crippen molar-refractivity contribution in [3.63, 3.8) is 0 Å². The van der Waals surface area contributed by atoms with Gasteiger partial charge in [-0.3, -0.25) is 42.9 Å². The maximum absolute atomic E-state index is 16.0. The van der Waals surface area contributed by atoms with Crippen molar-refractivity contribution >= 4 is 60.1 Å². The number of carboxylic acid groups (broad SMARTS) is 1. The summed E-state index contributed by atoms with van der Waals surface area (Å²) >= 11 is 6.34. The summed E-state index contributed by atoms with van der Waals surface area (Å²) in [6.07, 6.45) is -2.75. The minimum absolute atomic E-state index is 0.0230. The number of carbonyl (C=O) groups is 3. The first kappa shape index (κ1) is 61.3. The van der Waals surface area contributed by atoms with E-state index in [1.165, 1.54) is 64.1 Å². The number of carbonyl (C=O) groups excluding carboxylic acids is 2. The fourth-order valence-corrected chi connectivity index (χ4v) is 12.2. The number of nitrogens with zero attached hydrogens (tertiary/aromatic N) is 5. The number of hydrogen-bond donors (Lipinski definition) is 4. The molecule has 23 nitrogen and oxygen atoms in total. The maximum atomic E-state index is 16.0. The topological polar surface area (TPSA) is 285 Å². The number of imidazole rings is 1. The van der Waals surface area contributed by atoms with E-state index in [1.807, 2.05) is 78.9 Å². The van der Waals surface area contributed by atoms with E-state index < -0.39 is 91.7 Å². The number of ether oxygens (including phenoxy) is 5. The third-order valence-corrected chi connectivity index (χ3v) is 16.9. The van der Waals surface area contributed by atoms with E-state index >= 15 is 4.57 Å². The highest BCUT2D eigenvalue weighted by Gasteiger charge is 2.48. The van der Waals surface area contributed by atoms with Crippen LogP contribution in [0.3, 0.4) is 0 Å². The number of carboxylic acids is 1. The standard InChI is InChI=1S/C64H60ClN8O15P/c1-38(2)58(74)70-62-69-57-56(60(76)71-62)66-37-73(57)54-33-49(39-15-17-41(18-16-39)61(77)78)51(85-54)36-84-89(80,87-48-29-23-45(65)24-30-48)88-50-34-55(72-32-31-53(68-63(72)79)67-59(75)40-11-7-5-8-12-40)86-52(50)35-83-64(42-13-9-6-10-14-42,43-19-25-46(81-3)26-20-43)44-21-27-47(82-4)28-22-44/h5-32,37-38,49-52,54-55H,33-36H2,1-4H3,(H,77,78)(H,67,68,75,79)(H2,69,70,71,74,76)/t49-,50+,51-,52-,54-,55-,89?/m1/s1. The number of anilines is 2. The zero-order valence-corrected chi connectivity index (χ0v) is 50.0. The number of aromatic nitrogens is 6. The molecular formula is C64H60ClN8O15P. The number of aromatic amines is 1. The van der Waals surface area contributed by atoms with Gasteiger partial charge in [-0.1, -0.05) is 110 Å². The minimum Gasteiger partial charge on any atom is -0.497 e. The van der Waals surface area contributed by atoms with Gasteiger partial charge < -0.3 is 38.6 Å². The van der Waals surface area contributed by atoms with Crippen LogP contribution in [0.1, 0.15) is 88.0 Å². The highest BCUT2D eigenvalue weighted by atomic mass is 35.5. The number of phosphoric acid groups is 1. The molecule has 6 aromatic carbocycles. The molecule has 7 atom stereocenters. The largest absolute Gasteiger partial charge is 0.530 e. The lowest BCUT2D eigenvalue weighted by Crippen LogP contribution is -2.38. The Bertz CT molecular complexity index is 4110. The van der Waals surface area contributed by atoms with Crippen molar-refractivity contribution in [2.24, 2.45) is 5.92 Å². The fraction of sp³-hybridized carbons (Fsp3) is 0.250. The summed E-state index contributed by atoms with van der Waals surface area (Å²) in [6.45, 7) is 2.58. The van der Waals surface area contributed by atoms with Crippen LogP contribution in [0.15, 0.2) is 186 Å². The molecule has 0 saturated carbocycles. The number of aromatic carboxylic acids is 1. The molecule has 2 fully saturated rings. The molecule has 2 amide bonds. The van der Waals surface area contributed by atoms with Gasteiger partial charge in [0.15, 0.2) is 11.2 Å². The van der Waals surface area contributed by atoms with E-state index in [2.05, 4.69) is 30.6 Å². The van der Waals surface area contributed by atoms with Gasteiger partial charge >= 0.3 is 19.5 Å². The number of benzene rings is 6. The normalized spacial score (nSPS) is 18.9. The molecular weight excluding hydrogens is 1190 g/mol. The molecule has 1 unspecified atom stereocenters. The molecule has 0 radical (unpaired) electrons. The molecule has 5 heterocycles. The van der Waals surface area contributed by atoms with Crippen LogP contribution in [0.2, 0.25) is 5.02 Å². The molecule has 0 bridgehead atoms. The van der Waals surface area contributed by atoms with E-state index in [9.17, 15) is 29.1 Å². The summed E-state index contributed by atoms with van der Waals surface area (Å²) in [6, 6.07) is 46.3. The summed E-state index contributed by atoms with van der Waals surface area (Å²) in [4.78, 5) is 81.0. The van der Waals surface area contributed by atoms with Crippen LogP contribution in [0.4, 0.5) is 11.8 Å². The monoisotopic (exact) mass is 1250 g/mol. The Hall–Kier alpha value is -9.32. The van der Waals surface area contributed by atoms with Crippen LogP contribution >= 0.6 is 19.4 Å². The van der Waals surface area contributed by atoms with Crippen molar-refractivity contribution in [2.45, 2.75) is 69.0 Å². The van der Waals surface area contributed by atoms with Gasteiger partial charge in [0.2, 0.25) is 11.9 Å². The summed E-state index contributed by atoms with van der Waals surface area (Å²) in [7, 11) is -1.83. The molecule has 89 heavy (non-hydrogen) atoms. The molecule has 2 aliphatic heterocycles. The van der Waals surface area contributed by atoms with E-state index in [4.69, 9.17) is 48.9 Å². The van der Waals surface area contributed by atoms with Gasteiger partial charge in [-0.2, -0.15) is 9.97 Å². The van der Waals surface area contributed by atoms with Gasteiger partial charge in [0.05, 0.1) is 45.4 Å². The highest BCUT2D eigenvalue weighted by molar-refractivity contribution is 7.49. The zero-order valence-electron chi connectivity index (χ0n) is 48.3. The van der Waals surface area contributed by atoms with E-state index in [1.54, 1.807) is 70.5 Å². The van der Waals surface area contributed by atoms with Crippen LogP contribution in [0.5, 0.6) is 17.2 Å². The average Bonchev–Trinajstić information content (AvgIpc) is 1.62. The Morgan fingerprint density at radius 1 is 0.719 bits per heavy atom. The first-order chi connectivity index (χ1) is 43.0. The van der Waals surface area contributed by atoms with Gasteiger partial charge in [0, 0.05) is 41.5 Å². The molecule has 9 aromatic rings. The molecule has 2 aliphatic rings. The number of hydrogen-bond acceptors (Lipinski definition) is 17. The second-order valence-corrected chi connectivity index (χ2v) is 23.2. The van der Waals surface area contributed by atoms with Gasteiger partial charge in [-0.05, 0) is 101 Å². The lowest BCUT2D eigenvalue weighted by atomic mass is 9.80. The predicted octanol–water partition coefficient (Wildman–Crippen LogP) is 10.5. The summed E-state index contributed by atoms with van der Waals surface area (Å²) in [5, 5.41) is 15.5. The van der Waals surface area contributed by atoms with Crippen molar-refractivity contribution in [1.82, 2.24) is 29.1 Å². The van der Waals surface area contributed by atoms with Crippen LogP contribution in [0, 0.1) is 5.92 Å². The van der Waals surface area contributed by atoms with Crippen molar-refractivity contribution in [3.8, 4) is 17.2 Å². The molecule has 4 N–H and O–H groups in total. The van der Waals surface area contributed by atoms with Gasteiger partial charge in [-0.25, -0.2) is 19.1 Å². The van der Waals surface area contributed by atoms with Gasteiger partial charge in [0.1, 0.15) is 53.3 Å². The summed E-state index contributed by atoms with van der Waals surface area (Å²) in [5.74, 6) is -2.00. The van der Waals surface area contributed by atoms with Crippen LogP contribution < -0.4 is 35.9 Å². The molecule has 458 valence electrons. The Morgan fingerprint density at radius 2 is 1.33 bits per heavy atom. The third kappa shape index (κ3) is 13.6. The fourth-order valence-electron chi connectivity index (χ4n) is 10.7. The molecule has 0 spiro atoms. The Labute approximate surface area is 514 Å². The molecule has 3 aromatic heterocycles. The third-order valence-electron chi connectivity index (χ3n) is 15.3. The SMILES string of the molecule is COc1ccc(C(OC[C@H]2O[C@@H](n3ccc(NC(=O)c4ccccc4)nc3=O)C[C@@H]2OP(=O)(OC[C@H]2O[C@@H](n3cnc4c(=O)[nH]c(NC(=O)C(C)C)nc43)C[C@@H]2c2ccc(C(=O)O)cc2)Oc2ccc(Cl)cc2)(c2ccccc2)c2ccc(OC)cc2)cc1. The zero-order chi connectivity index (χ0) is 62.4. The molecule has 0 aliphatic carbocycles.